The summed E-state index contributed by atoms with van der Waals surface area (Å²) in [6.45, 7) is 1.13. The van der Waals surface area contributed by atoms with Crippen LogP contribution in [-0.4, -0.2) is 52.3 Å². The molecule has 1 aliphatic rings. The summed E-state index contributed by atoms with van der Waals surface area (Å²) in [6.07, 6.45) is 4.54. The lowest BCUT2D eigenvalue weighted by Gasteiger charge is -2.13. The van der Waals surface area contributed by atoms with Gasteiger partial charge in [0.15, 0.2) is 0 Å². The van der Waals surface area contributed by atoms with Crippen molar-refractivity contribution in [3.63, 3.8) is 0 Å². The van der Waals surface area contributed by atoms with E-state index in [9.17, 15) is 4.79 Å². The third kappa shape index (κ3) is 4.77. The second kappa shape index (κ2) is 10.1. The van der Waals surface area contributed by atoms with Crippen molar-refractivity contribution < 1.29 is 14.3 Å². The number of hydrogen-bond acceptors (Lipinski definition) is 6. The third-order valence-corrected chi connectivity index (χ3v) is 6.37. The molecule has 4 rings (SSSR count). The Hall–Kier alpha value is -2.94. The summed E-state index contributed by atoms with van der Waals surface area (Å²) >= 11 is 6.77. The standard InChI is InChI=1S/C24H23N3O3S2/c1-29-13-7-12-26-23(28)21(32-24(26)31)15-18-16-27(19-9-4-3-5-10-19)25-22(18)17-8-6-11-20(14-17)30-2/h3-6,8-11,14-16H,7,12-13H2,1-2H3/b21-15-. The summed E-state index contributed by atoms with van der Waals surface area (Å²) in [5, 5.41) is 4.82. The number of amides is 1. The van der Waals surface area contributed by atoms with Crippen molar-refractivity contribution in [1.29, 1.82) is 0 Å². The molecule has 1 aromatic heterocycles. The molecule has 3 aromatic rings. The number of carbonyl (C=O) groups is 1. The first-order valence-electron chi connectivity index (χ1n) is 10.1. The molecule has 8 heteroatoms. The number of rotatable bonds is 8. The highest BCUT2D eigenvalue weighted by atomic mass is 32.2. The van der Waals surface area contributed by atoms with Gasteiger partial charge in [-0.3, -0.25) is 9.69 Å². The van der Waals surface area contributed by atoms with Crippen molar-refractivity contribution >= 4 is 40.3 Å². The van der Waals surface area contributed by atoms with E-state index in [1.807, 2.05) is 71.6 Å². The van der Waals surface area contributed by atoms with Gasteiger partial charge >= 0.3 is 0 Å². The summed E-state index contributed by atoms with van der Waals surface area (Å²) < 4.78 is 12.9. The van der Waals surface area contributed by atoms with E-state index in [1.165, 1.54) is 11.8 Å². The highest BCUT2D eigenvalue weighted by Gasteiger charge is 2.32. The number of thioether (sulfide) groups is 1. The van der Waals surface area contributed by atoms with E-state index in [1.54, 1.807) is 19.1 Å². The highest BCUT2D eigenvalue weighted by molar-refractivity contribution is 8.26. The van der Waals surface area contributed by atoms with Crippen LogP contribution in [0.25, 0.3) is 23.0 Å². The van der Waals surface area contributed by atoms with Crippen LogP contribution in [0.2, 0.25) is 0 Å². The van der Waals surface area contributed by atoms with Gasteiger partial charge in [-0.15, -0.1) is 0 Å². The molecule has 2 heterocycles. The Morgan fingerprint density at radius 3 is 2.69 bits per heavy atom. The van der Waals surface area contributed by atoms with Crippen molar-refractivity contribution in [3.8, 4) is 22.7 Å². The normalized spacial score (nSPS) is 15.1. The number of methoxy groups -OCH3 is 2. The minimum atomic E-state index is -0.0832. The van der Waals surface area contributed by atoms with Crippen molar-refractivity contribution in [2.45, 2.75) is 6.42 Å². The number of nitrogens with zero attached hydrogens (tertiary/aromatic N) is 3. The monoisotopic (exact) mass is 465 g/mol. The highest BCUT2D eigenvalue weighted by Crippen LogP contribution is 2.35. The van der Waals surface area contributed by atoms with Crippen LogP contribution in [0.4, 0.5) is 0 Å². The molecule has 2 aromatic carbocycles. The van der Waals surface area contributed by atoms with Crippen LogP contribution in [0.5, 0.6) is 5.75 Å². The molecule has 0 N–H and O–H groups in total. The van der Waals surface area contributed by atoms with Crippen LogP contribution in [-0.2, 0) is 9.53 Å². The van der Waals surface area contributed by atoms with E-state index in [0.717, 1.165) is 34.7 Å². The first-order valence-corrected chi connectivity index (χ1v) is 11.4. The Balaban J connectivity index is 1.73. The van der Waals surface area contributed by atoms with Crippen molar-refractivity contribution in [3.05, 3.63) is 71.3 Å². The van der Waals surface area contributed by atoms with Crippen LogP contribution < -0.4 is 4.74 Å². The predicted octanol–water partition coefficient (Wildman–Crippen LogP) is 4.79. The number of ether oxygens (including phenoxy) is 2. The second-order valence-electron chi connectivity index (χ2n) is 7.12. The van der Waals surface area contributed by atoms with E-state index >= 15 is 0 Å². The molecule has 0 spiro atoms. The summed E-state index contributed by atoms with van der Waals surface area (Å²) in [7, 11) is 3.28. The molecule has 0 unspecified atom stereocenters. The molecule has 0 saturated carbocycles. The Kier molecular flexibility index (Phi) is 7.04. The predicted molar refractivity (Wildman–Crippen MR) is 132 cm³/mol. The fourth-order valence-electron chi connectivity index (χ4n) is 3.40. The lowest BCUT2D eigenvalue weighted by molar-refractivity contribution is -0.122. The minimum Gasteiger partial charge on any atom is -0.497 e. The molecule has 1 saturated heterocycles. The van der Waals surface area contributed by atoms with E-state index in [0.29, 0.717) is 22.4 Å². The van der Waals surface area contributed by atoms with Gasteiger partial charge in [0, 0.05) is 37.6 Å². The summed E-state index contributed by atoms with van der Waals surface area (Å²) in [5.74, 6) is 0.660. The first kappa shape index (κ1) is 22.3. The van der Waals surface area contributed by atoms with Gasteiger partial charge in [0.2, 0.25) is 0 Å². The number of hydrogen-bond donors (Lipinski definition) is 0. The fourth-order valence-corrected chi connectivity index (χ4v) is 4.70. The van der Waals surface area contributed by atoms with Crippen LogP contribution in [0, 0.1) is 0 Å². The van der Waals surface area contributed by atoms with Crippen molar-refractivity contribution in [2.75, 3.05) is 27.4 Å². The molecule has 32 heavy (non-hydrogen) atoms. The average Bonchev–Trinajstić information content (AvgIpc) is 3.36. The van der Waals surface area contributed by atoms with E-state index in [-0.39, 0.29) is 5.91 Å². The van der Waals surface area contributed by atoms with Gasteiger partial charge < -0.3 is 9.47 Å². The molecule has 6 nitrogen and oxygen atoms in total. The number of aromatic nitrogens is 2. The number of para-hydroxylation sites is 1. The van der Waals surface area contributed by atoms with Crippen LogP contribution in [0.1, 0.15) is 12.0 Å². The van der Waals surface area contributed by atoms with Gasteiger partial charge in [-0.2, -0.15) is 5.10 Å². The maximum atomic E-state index is 13.0. The molecular formula is C24H23N3O3S2. The maximum Gasteiger partial charge on any atom is 0.266 e. The zero-order chi connectivity index (χ0) is 22.5. The SMILES string of the molecule is COCCCN1C(=O)/C(=C/c2cn(-c3ccccc3)nc2-c2cccc(OC)c2)SC1=S. The van der Waals surface area contributed by atoms with Gasteiger partial charge in [0.25, 0.3) is 5.91 Å². The average molecular weight is 466 g/mol. The molecule has 0 aliphatic carbocycles. The summed E-state index contributed by atoms with van der Waals surface area (Å²) in [6, 6.07) is 17.6. The first-order chi connectivity index (χ1) is 15.6. The molecule has 0 radical (unpaired) electrons. The summed E-state index contributed by atoms with van der Waals surface area (Å²) in [4.78, 5) is 15.2. The van der Waals surface area contributed by atoms with Gasteiger partial charge in [-0.1, -0.05) is 54.3 Å². The Morgan fingerprint density at radius 2 is 1.94 bits per heavy atom. The number of carbonyl (C=O) groups excluding carboxylic acids is 1. The molecule has 164 valence electrons. The maximum absolute atomic E-state index is 13.0. The van der Waals surface area contributed by atoms with E-state index in [4.69, 9.17) is 26.8 Å². The molecule has 0 atom stereocenters. The minimum absolute atomic E-state index is 0.0832. The third-order valence-electron chi connectivity index (χ3n) is 5.00. The second-order valence-corrected chi connectivity index (χ2v) is 8.80. The summed E-state index contributed by atoms with van der Waals surface area (Å²) in [5.41, 5.74) is 3.43. The smallest absolute Gasteiger partial charge is 0.266 e. The number of thiocarbonyl (C=S) groups is 1. The Labute approximate surface area is 196 Å². The van der Waals surface area contributed by atoms with Crippen molar-refractivity contribution in [1.82, 2.24) is 14.7 Å². The zero-order valence-electron chi connectivity index (χ0n) is 17.9. The fraction of sp³-hybridized carbons (Fsp3) is 0.208. The van der Waals surface area contributed by atoms with E-state index < -0.39 is 0 Å². The van der Waals surface area contributed by atoms with Crippen LogP contribution >= 0.6 is 24.0 Å². The Morgan fingerprint density at radius 1 is 1.12 bits per heavy atom. The molecule has 1 fully saturated rings. The molecule has 1 amide bonds. The van der Waals surface area contributed by atoms with Gasteiger partial charge in [0.1, 0.15) is 15.8 Å². The lowest BCUT2D eigenvalue weighted by Crippen LogP contribution is -2.29. The molecule has 0 bridgehead atoms. The van der Waals surface area contributed by atoms with Gasteiger partial charge in [-0.25, -0.2) is 4.68 Å². The largest absolute Gasteiger partial charge is 0.497 e. The Bertz CT molecular complexity index is 1160. The molecule has 1 aliphatic heterocycles. The number of benzene rings is 2. The van der Waals surface area contributed by atoms with Crippen molar-refractivity contribution in [2.24, 2.45) is 0 Å². The van der Waals surface area contributed by atoms with E-state index in [2.05, 4.69) is 0 Å². The van der Waals surface area contributed by atoms with Crippen LogP contribution in [0.15, 0.2) is 65.7 Å². The zero-order valence-corrected chi connectivity index (χ0v) is 19.5. The lowest BCUT2D eigenvalue weighted by atomic mass is 10.1. The topological polar surface area (TPSA) is 56.6 Å². The quantitative estimate of drug-likeness (QED) is 0.271. The van der Waals surface area contributed by atoms with Gasteiger partial charge in [0.05, 0.1) is 17.7 Å². The molecular weight excluding hydrogens is 442 g/mol. The van der Waals surface area contributed by atoms with Crippen LogP contribution in [0.3, 0.4) is 0 Å². The van der Waals surface area contributed by atoms with Gasteiger partial charge in [-0.05, 0) is 36.8 Å².